The fourth-order valence-electron chi connectivity index (χ4n) is 2.23. The molecule has 0 saturated heterocycles. The van der Waals surface area contributed by atoms with Crippen molar-refractivity contribution in [3.8, 4) is 6.19 Å². The Labute approximate surface area is 109 Å². The maximum absolute atomic E-state index is 9.10. The summed E-state index contributed by atoms with van der Waals surface area (Å²) < 4.78 is 0. The summed E-state index contributed by atoms with van der Waals surface area (Å²) in [6.45, 7) is 0.671. The third-order valence-corrected chi connectivity index (χ3v) is 3.26. The molecule has 3 heteroatoms. The first-order valence-electron chi connectivity index (χ1n) is 6.66. The Balaban J connectivity index is 1.88. The van der Waals surface area contributed by atoms with E-state index < -0.39 is 0 Å². The molecule has 1 saturated carbocycles. The van der Waals surface area contributed by atoms with Gasteiger partial charge in [-0.05, 0) is 37.7 Å². The van der Waals surface area contributed by atoms with Crippen LogP contribution in [0.4, 0.5) is 0 Å². The summed E-state index contributed by atoms with van der Waals surface area (Å²) in [6, 6.07) is 10.2. The average molecular weight is 241 g/mol. The third-order valence-electron chi connectivity index (χ3n) is 3.26. The summed E-state index contributed by atoms with van der Waals surface area (Å²) in [5.41, 5.74) is 2.44. The SMILES string of the molecule is N#CN(CCc1ccccc1)N=C1CCCCC1. The van der Waals surface area contributed by atoms with Crippen LogP contribution in [0.15, 0.2) is 35.4 Å². The molecule has 0 atom stereocenters. The molecule has 1 aromatic carbocycles. The molecule has 18 heavy (non-hydrogen) atoms. The Morgan fingerprint density at radius 3 is 2.50 bits per heavy atom. The zero-order valence-corrected chi connectivity index (χ0v) is 10.7. The van der Waals surface area contributed by atoms with Gasteiger partial charge in [0.25, 0.3) is 0 Å². The van der Waals surface area contributed by atoms with E-state index in [4.69, 9.17) is 5.26 Å². The Morgan fingerprint density at radius 1 is 1.11 bits per heavy atom. The van der Waals surface area contributed by atoms with Crippen molar-refractivity contribution in [3.05, 3.63) is 35.9 Å². The standard InChI is InChI=1S/C15H19N3/c16-13-18(17-15-9-5-2-6-10-15)12-11-14-7-3-1-4-8-14/h1,3-4,7-8H,2,5-6,9-12H2. The Morgan fingerprint density at radius 2 is 1.83 bits per heavy atom. The molecule has 0 aromatic heterocycles. The van der Waals surface area contributed by atoms with E-state index in [0.717, 1.165) is 19.3 Å². The van der Waals surface area contributed by atoms with Crippen molar-refractivity contribution in [3.63, 3.8) is 0 Å². The molecule has 94 valence electrons. The summed E-state index contributed by atoms with van der Waals surface area (Å²) in [5.74, 6) is 0. The molecule has 0 unspecified atom stereocenters. The fourth-order valence-corrected chi connectivity index (χ4v) is 2.23. The van der Waals surface area contributed by atoms with Crippen LogP contribution >= 0.6 is 0 Å². The second kappa shape index (κ2) is 6.80. The predicted molar refractivity (Wildman–Crippen MR) is 73.0 cm³/mol. The zero-order chi connectivity index (χ0) is 12.6. The van der Waals surface area contributed by atoms with Crippen LogP contribution in [-0.2, 0) is 6.42 Å². The molecule has 0 bridgehead atoms. The molecule has 0 heterocycles. The summed E-state index contributed by atoms with van der Waals surface area (Å²) in [4.78, 5) is 0. The molecule has 1 aliphatic rings. The summed E-state index contributed by atoms with van der Waals surface area (Å²) in [7, 11) is 0. The minimum atomic E-state index is 0.671. The van der Waals surface area contributed by atoms with Gasteiger partial charge in [0.2, 0.25) is 6.19 Å². The summed E-state index contributed by atoms with van der Waals surface area (Å²) in [6.07, 6.45) is 8.89. The van der Waals surface area contributed by atoms with Gasteiger partial charge in [0.05, 0.1) is 6.54 Å². The average Bonchev–Trinajstić information content (AvgIpc) is 2.45. The molecule has 3 nitrogen and oxygen atoms in total. The van der Waals surface area contributed by atoms with E-state index in [0.29, 0.717) is 6.54 Å². The van der Waals surface area contributed by atoms with Gasteiger partial charge in [-0.15, -0.1) is 0 Å². The second-order valence-electron chi connectivity index (χ2n) is 4.69. The van der Waals surface area contributed by atoms with Crippen molar-refractivity contribution in [2.24, 2.45) is 5.10 Å². The number of nitriles is 1. The first kappa shape index (κ1) is 12.6. The minimum Gasteiger partial charge on any atom is -0.200 e. The lowest BCUT2D eigenvalue weighted by Crippen LogP contribution is -2.18. The number of hydrogen-bond acceptors (Lipinski definition) is 3. The quantitative estimate of drug-likeness (QED) is 0.461. The van der Waals surface area contributed by atoms with Crippen molar-refractivity contribution < 1.29 is 0 Å². The number of benzene rings is 1. The smallest absolute Gasteiger partial charge is 0.200 e. The second-order valence-corrected chi connectivity index (χ2v) is 4.69. The van der Waals surface area contributed by atoms with Crippen molar-refractivity contribution in [2.45, 2.75) is 38.5 Å². The normalized spacial score (nSPS) is 14.9. The first-order chi connectivity index (χ1) is 8.88. The van der Waals surface area contributed by atoms with Gasteiger partial charge >= 0.3 is 0 Å². The lowest BCUT2D eigenvalue weighted by Gasteiger charge is -2.16. The maximum atomic E-state index is 9.10. The predicted octanol–water partition coefficient (Wildman–Crippen LogP) is 3.33. The Bertz CT molecular complexity index is 423. The molecular formula is C15H19N3. The molecule has 1 fully saturated rings. The number of hydrazone groups is 1. The van der Waals surface area contributed by atoms with E-state index in [2.05, 4.69) is 23.4 Å². The molecular weight excluding hydrogens is 222 g/mol. The van der Waals surface area contributed by atoms with Gasteiger partial charge in [0.1, 0.15) is 0 Å². The zero-order valence-electron chi connectivity index (χ0n) is 10.7. The van der Waals surface area contributed by atoms with Crippen molar-refractivity contribution >= 4 is 5.71 Å². The van der Waals surface area contributed by atoms with Crippen LogP contribution in [0.25, 0.3) is 0 Å². The van der Waals surface area contributed by atoms with Gasteiger partial charge < -0.3 is 0 Å². The van der Waals surface area contributed by atoms with Gasteiger partial charge in [-0.3, -0.25) is 0 Å². The van der Waals surface area contributed by atoms with Crippen LogP contribution in [0.3, 0.4) is 0 Å². The number of rotatable bonds is 4. The van der Waals surface area contributed by atoms with Crippen molar-refractivity contribution in [2.75, 3.05) is 6.54 Å². The maximum Gasteiger partial charge on any atom is 0.201 e. The van der Waals surface area contributed by atoms with E-state index in [1.807, 2.05) is 18.2 Å². The highest BCUT2D eigenvalue weighted by Gasteiger charge is 2.09. The van der Waals surface area contributed by atoms with E-state index in [-0.39, 0.29) is 0 Å². The monoisotopic (exact) mass is 241 g/mol. The highest BCUT2D eigenvalue weighted by atomic mass is 15.4. The van der Waals surface area contributed by atoms with Crippen LogP contribution in [0.2, 0.25) is 0 Å². The van der Waals surface area contributed by atoms with Crippen LogP contribution in [0, 0.1) is 11.5 Å². The lowest BCUT2D eigenvalue weighted by atomic mass is 9.99. The molecule has 0 amide bonds. The molecule has 1 aromatic rings. The molecule has 1 aliphatic carbocycles. The fraction of sp³-hybridized carbons (Fsp3) is 0.467. The molecule has 0 spiro atoms. The molecule has 0 radical (unpaired) electrons. The third kappa shape index (κ3) is 3.89. The van der Waals surface area contributed by atoms with Gasteiger partial charge in [-0.2, -0.15) is 15.4 Å². The number of hydrogen-bond donors (Lipinski definition) is 0. The van der Waals surface area contributed by atoms with E-state index in [9.17, 15) is 0 Å². The largest absolute Gasteiger partial charge is 0.201 e. The van der Waals surface area contributed by atoms with Gasteiger partial charge in [-0.25, -0.2) is 0 Å². The topological polar surface area (TPSA) is 39.4 Å². The molecule has 2 rings (SSSR count). The molecule has 0 aliphatic heterocycles. The first-order valence-corrected chi connectivity index (χ1v) is 6.66. The van der Waals surface area contributed by atoms with Crippen LogP contribution in [-0.4, -0.2) is 17.3 Å². The highest BCUT2D eigenvalue weighted by molar-refractivity contribution is 5.84. The van der Waals surface area contributed by atoms with Gasteiger partial charge in [0.15, 0.2) is 0 Å². The minimum absolute atomic E-state index is 0.671. The highest BCUT2D eigenvalue weighted by Crippen LogP contribution is 2.15. The molecule has 0 N–H and O–H groups in total. The van der Waals surface area contributed by atoms with E-state index in [1.54, 1.807) is 0 Å². The van der Waals surface area contributed by atoms with Crippen molar-refractivity contribution in [1.82, 2.24) is 5.01 Å². The van der Waals surface area contributed by atoms with Crippen LogP contribution in [0.5, 0.6) is 0 Å². The lowest BCUT2D eigenvalue weighted by molar-refractivity contribution is 0.415. The summed E-state index contributed by atoms with van der Waals surface area (Å²) >= 11 is 0. The van der Waals surface area contributed by atoms with E-state index >= 15 is 0 Å². The summed E-state index contributed by atoms with van der Waals surface area (Å²) in [5, 5.41) is 15.1. The van der Waals surface area contributed by atoms with Gasteiger partial charge in [-0.1, -0.05) is 36.8 Å². The van der Waals surface area contributed by atoms with E-state index in [1.165, 1.54) is 35.5 Å². The van der Waals surface area contributed by atoms with Crippen LogP contribution < -0.4 is 0 Å². The number of nitrogens with zero attached hydrogens (tertiary/aromatic N) is 3. The van der Waals surface area contributed by atoms with Crippen LogP contribution in [0.1, 0.15) is 37.7 Å². The van der Waals surface area contributed by atoms with Gasteiger partial charge in [0, 0.05) is 5.71 Å². The Hall–Kier alpha value is -1.82. The Kier molecular flexibility index (Phi) is 4.78. The van der Waals surface area contributed by atoms with Crippen molar-refractivity contribution in [1.29, 1.82) is 5.26 Å².